The number of piperidine rings is 3. The lowest BCUT2D eigenvalue weighted by atomic mass is 9.81. The van der Waals surface area contributed by atoms with Crippen LogP contribution in [0.1, 0.15) is 171 Å². The third-order valence-electron chi connectivity index (χ3n) is 21.7. The fourth-order valence-electron chi connectivity index (χ4n) is 16.2. The van der Waals surface area contributed by atoms with Gasteiger partial charge in [0.25, 0.3) is 17.7 Å². The normalized spacial score (nSPS) is 18.5. The first kappa shape index (κ1) is 73.1. The highest BCUT2D eigenvalue weighted by Crippen LogP contribution is 2.48. The lowest BCUT2D eigenvalue weighted by molar-refractivity contribution is -0.145. The smallest absolute Gasteiger partial charge is 0.431 e. The van der Waals surface area contributed by atoms with Crippen molar-refractivity contribution in [1.29, 1.82) is 0 Å². The molecule has 9 heterocycles. The molecule has 100 heavy (non-hydrogen) atoms. The summed E-state index contributed by atoms with van der Waals surface area (Å²) in [6.45, 7) is 18.2. The minimum absolute atomic E-state index is 0.0704. The summed E-state index contributed by atoms with van der Waals surface area (Å²) in [6, 6.07) is 36.3. The van der Waals surface area contributed by atoms with Gasteiger partial charge in [-0.15, -0.1) is 0 Å². The third-order valence-corrected chi connectivity index (χ3v) is 21.7. The molecule has 0 radical (unpaired) electrons. The molecule has 0 aliphatic carbocycles. The summed E-state index contributed by atoms with van der Waals surface area (Å²) in [4.78, 5) is 63.5. The fourth-order valence-corrected chi connectivity index (χ4v) is 16.2. The molecule has 7 aromatic rings. The number of likely N-dealkylation sites (N-methyl/N-ethyl adjacent to an activating group) is 3. The minimum Gasteiger partial charge on any atom is -0.490 e. The molecule has 0 saturated carbocycles. The van der Waals surface area contributed by atoms with Crippen molar-refractivity contribution < 1.29 is 64.9 Å². The van der Waals surface area contributed by atoms with Gasteiger partial charge in [0.2, 0.25) is 0 Å². The molecule has 3 aromatic heterocycles. The molecule has 16 nitrogen and oxygen atoms in total. The number of halogens is 7. The first-order valence-corrected chi connectivity index (χ1v) is 34.4. The number of ether oxygens (including phenoxy) is 1. The second-order valence-corrected chi connectivity index (χ2v) is 29.2. The van der Waals surface area contributed by atoms with E-state index < -0.39 is 51.8 Å². The van der Waals surface area contributed by atoms with Crippen LogP contribution in [0.2, 0.25) is 0 Å². The minimum atomic E-state index is -4.62. The van der Waals surface area contributed by atoms with E-state index in [1.54, 1.807) is 93.9 Å². The quantitative estimate of drug-likeness (QED) is 0.1000. The van der Waals surface area contributed by atoms with Crippen molar-refractivity contribution in [2.45, 2.75) is 153 Å². The molecule has 3 fully saturated rings. The van der Waals surface area contributed by atoms with Gasteiger partial charge in [-0.05, 0) is 202 Å². The molecule has 23 heteroatoms. The summed E-state index contributed by atoms with van der Waals surface area (Å²) < 4.78 is 106. The summed E-state index contributed by atoms with van der Waals surface area (Å²) in [5.74, 6) is -0.288. The standard InChI is InChI=1S/C28H31N3O2.C25H32F3N3O3.C24H29F4N3O2/c1-21(32)25-12-13-26-28(29(2)18-19-31(25)26)14-16-30(17-15-28)27(33)24-10-8-23(9-11-24)20-22-6-4-3-5-7-22;1-17-15-18(5-6-19(17)34-16-23(2,3)33)22(32)30-11-9-24(10-12-30)20-7-8-21(25(26,27)28)31(20)14-13-29(24)4;1-15-13-16(5-6-17(15)22(2,3)33)21(32)30-9-7-23(8-10-30)20-18(25)14-19(24(26,27)28)31(20)12-11-29(23)4/h3-13H,14-20H2,1-2H3;5-8,15,33H,9-14,16H2,1-4H3;5-6,13-14,33H,7-12H2,1-4H3. The van der Waals surface area contributed by atoms with E-state index in [0.717, 1.165) is 78.0 Å². The zero-order valence-corrected chi connectivity index (χ0v) is 58.8. The van der Waals surface area contributed by atoms with Gasteiger partial charge in [-0.2, -0.15) is 26.3 Å². The number of benzene rings is 4. The van der Waals surface area contributed by atoms with Crippen molar-refractivity contribution in [2.24, 2.45) is 0 Å². The van der Waals surface area contributed by atoms with E-state index in [9.17, 15) is 60.1 Å². The maximum absolute atomic E-state index is 14.9. The van der Waals surface area contributed by atoms with Crippen molar-refractivity contribution in [3.63, 3.8) is 0 Å². The summed E-state index contributed by atoms with van der Waals surface area (Å²) in [5.41, 5.74) is 4.32. The Kier molecular flexibility index (Phi) is 20.5. The largest absolute Gasteiger partial charge is 0.490 e. The molecule has 3 amide bonds. The molecule has 0 bridgehead atoms. The van der Waals surface area contributed by atoms with Crippen LogP contribution in [-0.4, -0.2) is 169 Å². The molecule has 2 N–H and O–H groups in total. The van der Waals surface area contributed by atoms with E-state index in [1.165, 1.54) is 27.5 Å². The van der Waals surface area contributed by atoms with Gasteiger partial charge >= 0.3 is 12.4 Å². The number of hydrogen-bond donors (Lipinski definition) is 2. The molecule has 13 rings (SSSR count). The number of hydrogen-bond acceptors (Lipinski definition) is 10. The third kappa shape index (κ3) is 14.6. The highest BCUT2D eigenvalue weighted by atomic mass is 19.4. The summed E-state index contributed by atoms with van der Waals surface area (Å²) in [5, 5.41) is 20.1. The highest BCUT2D eigenvalue weighted by molar-refractivity contribution is 5.96. The van der Waals surface area contributed by atoms with Gasteiger partial charge in [0.1, 0.15) is 29.6 Å². The lowest BCUT2D eigenvalue weighted by Crippen LogP contribution is -2.57. The van der Waals surface area contributed by atoms with E-state index in [-0.39, 0.29) is 47.9 Å². The zero-order chi connectivity index (χ0) is 72.2. The Morgan fingerprint density at radius 2 is 0.920 bits per heavy atom. The molecule has 6 aliphatic heterocycles. The van der Waals surface area contributed by atoms with Gasteiger partial charge in [-0.3, -0.25) is 33.9 Å². The van der Waals surface area contributed by atoms with Crippen molar-refractivity contribution in [3.05, 3.63) is 206 Å². The van der Waals surface area contributed by atoms with Gasteiger partial charge in [-0.1, -0.05) is 48.5 Å². The van der Waals surface area contributed by atoms with Crippen LogP contribution in [-0.2, 0) is 60.6 Å². The molecule has 0 atom stereocenters. The number of aromatic nitrogens is 3. The lowest BCUT2D eigenvalue weighted by Gasteiger charge is -2.50. The number of likely N-dealkylation sites (tertiary alicyclic amines) is 3. The Morgan fingerprint density at radius 1 is 0.480 bits per heavy atom. The number of nitrogens with zero attached hydrogens (tertiary/aromatic N) is 9. The second-order valence-electron chi connectivity index (χ2n) is 29.2. The van der Waals surface area contributed by atoms with E-state index in [2.05, 4.69) is 63.9 Å². The van der Waals surface area contributed by atoms with Crippen molar-refractivity contribution >= 4 is 23.5 Å². The molecule has 6 aliphatic rings. The molecule has 536 valence electrons. The first-order valence-electron chi connectivity index (χ1n) is 34.4. The number of amides is 3. The number of aliphatic hydroxyl groups is 2. The Hall–Kier alpha value is -8.09. The molecule has 3 saturated heterocycles. The Morgan fingerprint density at radius 3 is 1.41 bits per heavy atom. The Labute approximate surface area is 580 Å². The number of fused-ring (bicyclic) bond motifs is 6. The van der Waals surface area contributed by atoms with Crippen LogP contribution >= 0.6 is 0 Å². The number of ketones is 1. The van der Waals surface area contributed by atoms with E-state index in [4.69, 9.17) is 4.74 Å². The number of carbonyl (C=O) groups excluding carboxylic acids is 4. The molecular weight excluding hydrogens is 1300 g/mol. The van der Waals surface area contributed by atoms with Gasteiger partial charge in [0.15, 0.2) is 5.78 Å². The molecule has 3 spiro atoms. The number of rotatable bonds is 10. The fraction of sp³-hybridized carbons (Fsp3) is 0.481. The number of carbonyl (C=O) groups is 4. The van der Waals surface area contributed by atoms with Crippen molar-refractivity contribution in [1.82, 2.24) is 43.1 Å². The van der Waals surface area contributed by atoms with Gasteiger partial charge < -0.3 is 43.4 Å². The van der Waals surface area contributed by atoms with Crippen LogP contribution in [0.25, 0.3) is 0 Å². The first-order chi connectivity index (χ1) is 47.0. The Balaban J connectivity index is 0.000000151. The number of aryl methyl sites for hydroxylation is 2. The zero-order valence-electron chi connectivity index (χ0n) is 58.8. The predicted octanol–water partition coefficient (Wildman–Crippen LogP) is 12.7. The van der Waals surface area contributed by atoms with E-state index >= 15 is 0 Å². The highest BCUT2D eigenvalue weighted by Gasteiger charge is 2.52. The van der Waals surface area contributed by atoms with Crippen LogP contribution < -0.4 is 4.74 Å². The van der Waals surface area contributed by atoms with Crippen LogP contribution in [0.15, 0.2) is 121 Å². The van der Waals surface area contributed by atoms with Gasteiger partial charge in [-0.25, -0.2) is 4.39 Å². The molecule has 0 unspecified atom stereocenters. The summed E-state index contributed by atoms with van der Waals surface area (Å²) >= 11 is 0. The summed E-state index contributed by atoms with van der Waals surface area (Å²) in [7, 11) is 5.93. The van der Waals surface area contributed by atoms with Gasteiger partial charge in [0, 0.05) is 120 Å². The average Bonchev–Trinajstić information content (AvgIpc) is 1.53. The Bertz CT molecular complexity index is 4140. The van der Waals surface area contributed by atoms with Crippen molar-refractivity contribution in [2.75, 3.05) is 86.7 Å². The van der Waals surface area contributed by atoms with Crippen molar-refractivity contribution in [3.8, 4) is 5.75 Å². The maximum Gasteiger partial charge on any atom is 0.431 e. The van der Waals surface area contributed by atoms with E-state index in [0.29, 0.717) is 100 Å². The number of Topliss-reactive ketones (excluding diaryl/α,β-unsaturated/α-hetero) is 1. The molecular formula is C77H92F7N9O7. The number of alkyl halides is 6. The van der Waals surface area contributed by atoms with Crippen LogP contribution in [0, 0.1) is 19.7 Å². The average molecular weight is 1390 g/mol. The van der Waals surface area contributed by atoms with Crippen LogP contribution in [0.4, 0.5) is 30.7 Å². The summed E-state index contributed by atoms with van der Waals surface area (Å²) in [6.07, 6.45) is -4.55. The van der Waals surface area contributed by atoms with E-state index in [1.807, 2.05) is 55.0 Å². The van der Waals surface area contributed by atoms with Crippen LogP contribution in [0.3, 0.4) is 0 Å². The maximum atomic E-state index is 14.9. The topological polar surface area (TPSA) is 152 Å². The predicted molar refractivity (Wildman–Crippen MR) is 367 cm³/mol. The SMILES string of the molecule is CC(=O)c1ccc2n1CCN(C)C21CCN(C(=O)c2ccc(Cc3ccccc3)cc2)CC1.Cc1cc(C(=O)N2CCC3(CC2)c2c(F)cc(C(F)(F)F)n2CCN3C)ccc1C(C)(C)O.Cc1cc(C(=O)N2CCC3(CC2)c2ccc(C(F)(F)F)n2CCN3C)ccc1OCC(C)(C)O. The van der Waals surface area contributed by atoms with Crippen LogP contribution in [0.5, 0.6) is 5.75 Å². The second kappa shape index (κ2) is 28.0. The van der Waals surface area contributed by atoms with Gasteiger partial charge in [0.05, 0.1) is 39.2 Å². The molecule has 4 aromatic carbocycles. The monoisotopic (exact) mass is 1390 g/mol.